The zero-order valence-electron chi connectivity index (χ0n) is 23.0. The van der Waals surface area contributed by atoms with Crippen LogP contribution in [-0.4, -0.2) is 78.1 Å². The molecular weight excluding hydrogens is 582 g/mol. The Labute approximate surface area is 244 Å². The van der Waals surface area contributed by atoms with E-state index >= 15 is 0 Å². The maximum Gasteiger partial charge on any atom is 0.491 e. The molecule has 3 amide bonds. The van der Waals surface area contributed by atoms with Gasteiger partial charge in [-0.25, -0.2) is 8.78 Å². The van der Waals surface area contributed by atoms with E-state index < -0.39 is 65.5 Å². The highest BCUT2D eigenvalue weighted by Gasteiger charge is 2.30. The molecule has 43 heavy (non-hydrogen) atoms. The number of carbonyl (C=O) groups excluding carboxylic acids is 3. The fourth-order valence-corrected chi connectivity index (χ4v) is 4.04. The highest BCUT2D eigenvalue weighted by Crippen LogP contribution is 2.29. The number of rotatable bonds is 15. The number of nitrogens with one attached hydrogen (secondary N) is 2. The standard InChI is InChI=1S/C26H34BF5N6O5/c28-18-14-19(29)22(13-17(18)27(42)43)37-25(41)21(7-3-15-1-4-16(5-2-15)26(30,31)32)36-24(40)20(35)6-8-23(39)38(11-9-33)12-10-34/h1-2,4-5,13-14,20-21,42-43H,3,6-12,33-35H2,(H,36,40)(H,37,41)/t20-,21+/m0/s1. The zero-order valence-corrected chi connectivity index (χ0v) is 23.0. The van der Waals surface area contributed by atoms with Crippen molar-refractivity contribution in [3.63, 3.8) is 0 Å². The molecule has 2 atom stereocenters. The van der Waals surface area contributed by atoms with Gasteiger partial charge in [0.2, 0.25) is 17.7 Å². The molecule has 0 radical (unpaired) electrons. The summed E-state index contributed by atoms with van der Waals surface area (Å²) in [6.45, 7) is 0.889. The number of carbonyl (C=O) groups is 3. The normalized spacial score (nSPS) is 12.8. The third-order valence-corrected chi connectivity index (χ3v) is 6.42. The summed E-state index contributed by atoms with van der Waals surface area (Å²) in [6.07, 6.45) is -5.01. The molecule has 236 valence electrons. The predicted octanol–water partition coefficient (Wildman–Crippen LogP) is -0.427. The first-order valence-corrected chi connectivity index (χ1v) is 13.2. The smallest absolute Gasteiger partial charge is 0.423 e. The number of amides is 3. The average Bonchev–Trinajstić information content (AvgIpc) is 2.94. The Morgan fingerprint density at radius 3 is 2.07 bits per heavy atom. The summed E-state index contributed by atoms with van der Waals surface area (Å²) in [5.74, 6) is -4.74. The van der Waals surface area contributed by atoms with Gasteiger partial charge < -0.3 is 42.8 Å². The summed E-state index contributed by atoms with van der Waals surface area (Å²) in [5.41, 5.74) is 15.1. The van der Waals surface area contributed by atoms with Crippen molar-refractivity contribution in [2.75, 3.05) is 31.5 Å². The van der Waals surface area contributed by atoms with Crippen LogP contribution in [0.1, 0.15) is 30.4 Å². The Bertz CT molecular complexity index is 1250. The molecule has 0 saturated heterocycles. The number of hydrogen-bond donors (Lipinski definition) is 7. The summed E-state index contributed by atoms with van der Waals surface area (Å²) in [6, 6.07) is 2.39. The first-order valence-electron chi connectivity index (χ1n) is 13.2. The topological polar surface area (TPSA) is 197 Å². The number of nitrogens with zero attached hydrogens (tertiary/aromatic N) is 1. The number of benzene rings is 2. The zero-order chi connectivity index (χ0) is 32.3. The molecular formula is C26H34BF5N6O5. The Balaban J connectivity index is 2.20. The third kappa shape index (κ3) is 10.9. The van der Waals surface area contributed by atoms with Gasteiger partial charge in [0.05, 0.1) is 17.3 Å². The van der Waals surface area contributed by atoms with Crippen molar-refractivity contribution in [1.29, 1.82) is 0 Å². The van der Waals surface area contributed by atoms with E-state index in [9.17, 15) is 46.4 Å². The molecule has 0 bridgehead atoms. The molecule has 10 N–H and O–H groups in total. The largest absolute Gasteiger partial charge is 0.491 e. The van der Waals surface area contributed by atoms with Gasteiger partial charge in [-0.05, 0) is 43.0 Å². The number of alkyl halides is 3. The SMILES string of the molecule is NCCN(CCN)C(=O)CC[C@H](N)C(=O)N[C@H](CCc1ccc(C(F)(F)F)cc1)C(=O)Nc1cc(B(O)O)c(F)cc1F. The Morgan fingerprint density at radius 2 is 1.53 bits per heavy atom. The Hall–Kier alpha value is -3.64. The Morgan fingerprint density at radius 1 is 0.930 bits per heavy atom. The number of hydrogen-bond acceptors (Lipinski definition) is 8. The molecule has 2 rings (SSSR count). The molecule has 2 aromatic carbocycles. The molecule has 0 spiro atoms. The van der Waals surface area contributed by atoms with Crippen molar-refractivity contribution >= 4 is 36.0 Å². The van der Waals surface area contributed by atoms with E-state index in [-0.39, 0.29) is 57.8 Å². The highest BCUT2D eigenvalue weighted by atomic mass is 19.4. The van der Waals surface area contributed by atoms with Crippen LogP contribution in [0.4, 0.5) is 27.6 Å². The monoisotopic (exact) mass is 616 g/mol. The minimum absolute atomic E-state index is 0.0101. The molecule has 17 heteroatoms. The molecule has 0 aromatic heterocycles. The quantitative estimate of drug-likeness (QED) is 0.103. The lowest BCUT2D eigenvalue weighted by atomic mass is 9.79. The molecule has 0 aliphatic carbocycles. The maximum atomic E-state index is 14.4. The van der Waals surface area contributed by atoms with E-state index in [0.29, 0.717) is 17.7 Å². The van der Waals surface area contributed by atoms with Gasteiger partial charge in [0.1, 0.15) is 17.7 Å². The number of halogens is 5. The molecule has 11 nitrogen and oxygen atoms in total. The second-order valence-electron chi connectivity index (χ2n) is 9.61. The van der Waals surface area contributed by atoms with E-state index in [1.54, 1.807) is 0 Å². The molecule has 0 saturated carbocycles. The van der Waals surface area contributed by atoms with Crippen molar-refractivity contribution in [1.82, 2.24) is 10.2 Å². The maximum absolute atomic E-state index is 14.4. The number of nitrogens with two attached hydrogens (primary N) is 3. The van der Waals surface area contributed by atoms with Crippen molar-refractivity contribution in [2.24, 2.45) is 17.2 Å². The van der Waals surface area contributed by atoms with Crippen LogP contribution in [0, 0.1) is 11.6 Å². The van der Waals surface area contributed by atoms with E-state index in [4.69, 9.17) is 17.2 Å². The van der Waals surface area contributed by atoms with Gasteiger partial charge in [0, 0.05) is 44.1 Å². The van der Waals surface area contributed by atoms with Gasteiger partial charge >= 0.3 is 13.3 Å². The van der Waals surface area contributed by atoms with Crippen LogP contribution in [0.5, 0.6) is 0 Å². The lowest BCUT2D eigenvalue weighted by Gasteiger charge is -2.23. The molecule has 0 unspecified atom stereocenters. The van der Waals surface area contributed by atoms with Gasteiger partial charge in [-0.15, -0.1) is 0 Å². The fraction of sp³-hybridized carbons (Fsp3) is 0.423. The summed E-state index contributed by atoms with van der Waals surface area (Å²) in [5, 5.41) is 23.2. The van der Waals surface area contributed by atoms with Gasteiger partial charge in [-0.3, -0.25) is 14.4 Å². The van der Waals surface area contributed by atoms with E-state index in [1.165, 1.54) is 17.0 Å². The van der Waals surface area contributed by atoms with Crippen LogP contribution >= 0.6 is 0 Å². The van der Waals surface area contributed by atoms with E-state index in [2.05, 4.69) is 10.6 Å². The summed E-state index contributed by atoms with van der Waals surface area (Å²) in [4.78, 5) is 39.9. The predicted molar refractivity (Wildman–Crippen MR) is 148 cm³/mol. The first kappa shape index (κ1) is 35.6. The third-order valence-electron chi connectivity index (χ3n) is 6.42. The van der Waals surface area contributed by atoms with Crippen LogP contribution in [0.3, 0.4) is 0 Å². The van der Waals surface area contributed by atoms with Crippen LogP contribution in [-0.2, 0) is 27.0 Å². The minimum Gasteiger partial charge on any atom is -0.423 e. The van der Waals surface area contributed by atoms with Crippen molar-refractivity contribution in [2.45, 2.75) is 43.9 Å². The average molecular weight is 616 g/mol. The van der Waals surface area contributed by atoms with Crippen molar-refractivity contribution < 1.29 is 46.4 Å². The summed E-state index contributed by atoms with van der Waals surface area (Å²) < 4.78 is 66.9. The summed E-state index contributed by atoms with van der Waals surface area (Å²) >= 11 is 0. The van der Waals surface area contributed by atoms with Crippen molar-refractivity contribution in [3.05, 3.63) is 59.2 Å². The highest BCUT2D eigenvalue weighted by molar-refractivity contribution is 6.58. The molecule has 2 aromatic rings. The minimum atomic E-state index is -4.56. The summed E-state index contributed by atoms with van der Waals surface area (Å²) in [7, 11) is -2.32. The van der Waals surface area contributed by atoms with E-state index in [0.717, 1.165) is 12.1 Å². The second-order valence-corrected chi connectivity index (χ2v) is 9.61. The first-order chi connectivity index (χ1) is 20.2. The van der Waals surface area contributed by atoms with Crippen LogP contribution < -0.4 is 33.3 Å². The lowest BCUT2D eigenvalue weighted by Crippen LogP contribution is -2.50. The van der Waals surface area contributed by atoms with Gasteiger partial charge in [0.15, 0.2) is 0 Å². The molecule has 0 aliphatic rings. The number of aryl methyl sites for hydroxylation is 1. The van der Waals surface area contributed by atoms with Crippen LogP contribution in [0.2, 0.25) is 0 Å². The second kappa shape index (κ2) is 16.3. The van der Waals surface area contributed by atoms with Crippen LogP contribution in [0.25, 0.3) is 0 Å². The van der Waals surface area contributed by atoms with E-state index in [1.807, 2.05) is 0 Å². The molecule has 0 heterocycles. The number of anilines is 1. The molecule has 0 fully saturated rings. The molecule has 0 aliphatic heterocycles. The van der Waals surface area contributed by atoms with Gasteiger partial charge in [-0.1, -0.05) is 12.1 Å². The fourth-order valence-electron chi connectivity index (χ4n) is 4.04. The Kier molecular flexibility index (Phi) is 13.5. The van der Waals surface area contributed by atoms with Gasteiger partial charge in [-0.2, -0.15) is 13.2 Å². The van der Waals surface area contributed by atoms with Crippen LogP contribution in [0.15, 0.2) is 36.4 Å². The van der Waals surface area contributed by atoms with Gasteiger partial charge in [0.25, 0.3) is 0 Å². The van der Waals surface area contributed by atoms with Crippen molar-refractivity contribution in [3.8, 4) is 0 Å². The lowest BCUT2D eigenvalue weighted by molar-refractivity contribution is -0.137.